The number of likely N-dealkylation sites (N-methyl/N-ethyl adjacent to an activating group) is 1. The minimum Gasteiger partial charge on any atom is -0.434 e. The van der Waals surface area contributed by atoms with Crippen molar-refractivity contribution in [3.8, 4) is 5.75 Å². The summed E-state index contributed by atoms with van der Waals surface area (Å²) in [5.41, 5.74) is 0.529. The second-order valence-corrected chi connectivity index (χ2v) is 6.67. The minimum atomic E-state index is -2.90. The summed E-state index contributed by atoms with van der Waals surface area (Å²) in [5, 5.41) is 6.17. The molecule has 2 N–H and O–H groups in total. The average Bonchev–Trinajstić information content (AvgIpc) is 2.70. The normalized spacial score (nSPS) is 14.8. The number of rotatable bonds is 9. The van der Waals surface area contributed by atoms with Gasteiger partial charge in [-0.3, -0.25) is 9.69 Å². The number of nitrogens with zero attached hydrogens (tertiary/aromatic N) is 3. The van der Waals surface area contributed by atoms with E-state index in [4.69, 9.17) is 4.74 Å². The number of alkyl halides is 2. The lowest BCUT2D eigenvalue weighted by molar-refractivity contribution is -0.127. The number of aliphatic imine (C=N–C) groups is 1. The molecule has 2 rings (SSSR count). The Labute approximate surface area is 193 Å². The Morgan fingerprint density at radius 3 is 2.63 bits per heavy atom. The number of halogens is 3. The van der Waals surface area contributed by atoms with Crippen LogP contribution in [-0.2, 0) is 16.1 Å². The third-order valence-corrected chi connectivity index (χ3v) is 4.33. The molecular formula is C19H30F2IN5O3. The second kappa shape index (κ2) is 14.3. The van der Waals surface area contributed by atoms with Crippen LogP contribution in [0.5, 0.6) is 5.75 Å². The first-order valence-electron chi connectivity index (χ1n) is 9.51. The Morgan fingerprint density at radius 1 is 1.27 bits per heavy atom. The number of hydrogen-bond donors (Lipinski definition) is 2. The Kier molecular flexibility index (Phi) is 12.5. The third kappa shape index (κ3) is 9.85. The van der Waals surface area contributed by atoms with Crippen LogP contribution in [0.1, 0.15) is 5.56 Å². The van der Waals surface area contributed by atoms with E-state index in [-0.39, 0.29) is 48.7 Å². The number of guanidine groups is 1. The highest BCUT2D eigenvalue weighted by Crippen LogP contribution is 2.20. The van der Waals surface area contributed by atoms with Crippen LogP contribution < -0.4 is 15.4 Å². The molecule has 0 aliphatic carbocycles. The molecule has 0 spiro atoms. The van der Waals surface area contributed by atoms with Crippen molar-refractivity contribution in [3.05, 3.63) is 29.8 Å². The van der Waals surface area contributed by atoms with Gasteiger partial charge in [0.1, 0.15) is 5.75 Å². The lowest BCUT2D eigenvalue weighted by atomic mass is 10.2. The number of ether oxygens (including phenoxy) is 2. The second-order valence-electron chi connectivity index (χ2n) is 6.67. The molecule has 1 aromatic rings. The maximum atomic E-state index is 12.6. The Hall–Kier alpha value is -1.73. The molecule has 170 valence electrons. The summed E-state index contributed by atoms with van der Waals surface area (Å²) in [7, 11) is 3.34. The number of carbonyl (C=O) groups is 1. The lowest BCUT2D eigenvalue weighted by Crippen LogP contribution is -2.46. The molecule has 0 saturated carbocycles. The monoisotopic (exact) mass is 541 g/mol. The molecule has 1 aliphatic rings. The van der Waals surface area contributed by atoms with Gasteiger partial charge < -0.3 is 25.0 Å². The summed E-state index contributed by atoms with van der Waals surface area (Å²) in [5.74, 6) is 0.415. The van der Waals surface area contributed by atoms with Gasteiger partial charge in [0.15, 0.2) is 5.96 Å². The van der Waals surface area contributed by atoms with Gasteiger partial charge in [-0.2, -0.15) is 8.78 Å². The summed E-state index contributed by atoms with van der Waals surface area (Å²) in [4.78, 5) is 20.0. The maximum Gasteiger partial charge on any atom is 0.387 e. The summed E-state index contributed by atoms with van der Waals surface area (Å²) in [6.45, 7) is 1.92. The number of nitrogens with one attached hydrogen (secondary N) is 2. The quantitative estimate of drug-likeness (QED) is 0.280. The molecule has 0 aromatic heterocycles. The smallest absolute Gasteiger partial charge is 0.387 e. The fraction of sp³-hybridized carbons (Fsp3) is 0.579. The molecule has 0 unspecified atom stereocenters. The predicted octanol–water partition coefficient (Wildman–Crippen LogP) is 1.36. The first kappa shape index (κ1) is 26.3. The fourth-order valence-electron chi connectivity index (χ4n) is 2.66. The minimum absolute atomic E-state index is 0. The number of para-hydroxylation sites is 1. The van der Waals surface area contributed by atoms with E-state index in [9.17, 15) is 13.6 Å². The molecule has 1 aromatic carbocycles. The maximum absolute atomic E-state index is 12.6. The molecule has 0 bridgehead atoms. The average molecular weight is 541 g/mol. The number of carbonyl (C=O) groups excluding carboxylic acids is 1. The highest BCUT2D eigenvalue weighted by molar-refractivity contribution is 14.0. The molecule has 1 aliphatic heterocycles. The van der Waals surface area contributed by atoms with Crippen molar-refractivity contribution in [2.24, 2.45) is 4.99 Å². The van der Waals surface area contributed by atoms with Gasteiger partial charge in [0.05, 0.1) is 26.3 Å². The number of hydrogen-bond acceptors (Lipinski definition) is 5. The van der Waals surface area contributed by atoms with Gasteiger partial charge in [-0.25, -0.2) is 4.99 Å². The van der Waals surface area contributed by atoms with Gasteiger partial charge in [-0.05, 0) is 6.07 Å². The molecule has 1 heterocycles. The zero-order chi connectivity index (χ0) is 21.1. The highest BCUT2D eigenvalue weighted by Gasteiger charge is 2.12. The van der Waals surface area contributed by atoms with Crippen molar-refractivity contribution in [1.29, 1.82) is 0 Å². The van der Waals surface area contributed by atoms with Crippen molar-refractivity contribution in [3.63, 3.8) is 0 Å². The zero-order valence-electron chi connectivity index (χ0n) is 17.3. The Balaban J connectivity index is 0.00000450. The van der Waals surface area contributed by atoms with Crippen LogP contribution in [0.25, 0.3) is 0 Å². The van der Waals surface area contributed by atoms with E-state index in [1.54, 1.807) is 32.3 Å². The van der Waals surface area contributed by atoms with Gasteiger partial charge >= 0.3 is 6.61 Å². The summed E-state index contributed by atoms with van der Waals surface area (Å²) in [6, 6.07) is 6.52. The predicted molar refractivity (Wildman–Crippen MR) is 122 cm³/mol. The first-order valence-corrected chi connectivity index (χ1v) is 9.51. The molecular weight excluding hydrogens is 511 g/mol. The van der Waals surface area contributed by atoms with E-state index in [0.717, 1.165) is 32.8 Å². The van der Waals surface area contributed by atoms with Gasteiger partial charge in [-0.1, -0.05) is 18.2 Å². The van der Waals surface area contributed by atoms with Crippen LogP contribution in [0, 0.1) is 0 Å². The molecule has 1 amide bonds. The lowest BCUT2D eigenvalue weighted by Gasteiger charge is -2.26. The summed E-state index contributed by atoms with van der Waals surface area (Å²) < 4.78 is 35.1. The number of benzene rings is 1. The van der Waals surface area contributed by atoms with Crippen LogP contribution in [-0.4, -0.2) is 88.3 Å². The van der Waals surface area contributed by atoms with E-state index in [2.05, 4.69) is 25.3 Å². The van der Waals surface area contributed by atoms with Crippen LogP contribution >= 0.6 is 24.0 Å². The topological polar surface area (TPSA) is 78.4 Å². The van der Waals surface area contributed by atoms with Gasteiger partial charge in [0, 0.05) is 45.8 Å². The first-order chi connectivity index (χ1) is 14.0. The molecule has 1 saturated heterocycles. The van der Waals surface area contributed by atoms with Crippen molar-refractivity contribution in [2.45, 2.75) is 13.2 Å². The van der Waals surface area contributed by atoms with Crippen molar-refractivity contribution in [1.82, 2.24) is 20.4 Å². The van der Waals surface area contributed by atoms with Crippen LogP contribution in [0.2, 0.25) is 0 Å². The largest absolute Gasteiger partial charge is 0.434 e. The van der Waals surface area contributed by atoms with E-state index in [1.165, 1.54) is 11.0 Å². The van der Waals surface area contributed by atoms with Gasteiger partial charge in [0.2, 0.25) is 5.91 Å². The molecule has 0 atom stereocenters. The van der Waals surface area contributed by atoms with E-state index < -0.39 is 6.61 Å². The van der Waals surface area contributed by atoms with Crippen molar-refractivity contribution in [2.75, 3.05) is 60.0 Å². The fourth-order valence-corrected chi connectivity index (χ4v) is 2.66. The van der Waals surface area contributed by atoms with Crippen molar-refractivity contribution < 1.29 is 23.0 Å². The molecule has 0 radical (unpaired) electrons. The van der Waals surface area contributed by atoms with Crippen molar-refractivity contribution >= 4 is 35.8 Å². The van der Waals surface area contributed by atoms with Crippen LogP contribution in [0.15, 0.2) is 29.3 Å². The van der Waals surface area contributed by atoms with E-state index >= 15 is 0 Å². The molecule has 30 heavy (non-hydrogen) atoms. The number of morpholine rings is 1. The molecule has 11 heteroatoms. The van der Waals surface area contributed by atoms with Crippen LogP contribution in [0.4, 0.5) is 8.78 Å². The van der Waals surface area contributed by atoms with Crippen LogP contribution in [0.3, 0.4) is 0 Å². The van der Waals surface area contributed by atoms with Gasteiger partial charge in [-0.15, -0.1) is 24.0 Å². The number of amides is 1. The zero-order valence-corrected chi connectivity index (χ0v) is 19.6. The standard InChI is InChI=1S/C19H29F2N5O3.HI/c1-25(2)17(27)14-24-19(22-7-8-26-9-11-28-12-10-26)23-13-15-5-3-4-6-16(15)29-18(20)21;/h3-6,18H,7-14H2,1-2H3,(H2,22,23,24);1H. The molecule has 8 nitrogen and oxygen atoms in total. The highest BCUT2D eigenvalue weighted by atomic mass is 127. The van der Waals surface area contributed by atoms with E-state index in [1.807, 2.05) is 0 Å². The SMILES string of the molecule is CN(C)C(=O)CNC(=NCc1ccccc1OC(F)F)NCCN1CCOCC1.I. The van der Waals surface area contributed by atoms with Gasteiger partial charge in [0.25, 0.3) is 0 Å². The van der Waals surface area contributed by atoms with E-state index in [0.29, 0.717) is 18.1 Å². The molecule has 1 fully saturated rings. The Morgan fingerprint density at radius 2 is 1.97 bits per heavy atom. The third-order valence-electron chi connectivity index (χ3n) is 4.33. The summed E-state index contributed by atoms with van der Waals surface area (Å²) >= 11 is 0. The Bertz CT molecular complexity index is 673. The summed E-state index contributed by atoms with van der Waals surface area (Å²) in [6.07, 6.45) is 0.